The maximum Gasteiger partial charge on any atom is 0.0545 e. The van der Waals surface area contributed by atoms with Crippen LogP contribution in [0.4, 0.5) is 22.7 Å². The topological polar surface area (TPSA) is 50.1 Å². The van der Waals surface area contributed by atoms with Gasteiger partial charge in [0.1, 0.15) is 0 Å². The Morgan fingerprint density at radius 2 is 1.46 bits per heavy atom. The summed E-state index contributed by atoms with van der Waals surface area (Å²) in [6, 6.07) is 28.7. The number of hydrogen-bond acceptors (Lipinski definition) is 3. The first-order valence-corrected chi connectivity index (χ1v) is 14.9. The van der Waals surface area contributed by atoms with Crippen LogP contribution >= 0.6 is 0 Å². The Morgan fingerprint density at radius 1 is 0.805 bits per heavy atom. The lowest BCUT2D eigenvalue weighted by Crippen LogP contribution is -2.15. The minimum Gasteiger partial charge on any atom is -0.399 e. The van der Waals surface area contributed by atoms with Crippen LogP contribution in [0.1, 0.15) is 64.2 Å². The van der Waals surface area contributed by atoms with Crippen molar-refractivity contribution >= 4 is 44.3 Å². The minimum absolute atomic E-state index is 0.150. The molecular formula is C38H41N3. The molecule has 1 aliphatic carbocycles. The second-order valence-corrected chi connectivity index (χ2v) is 12.5. The molecule has 3 nitrogen and oxygen atoms in total. The molecule has 0 unspecified atom stereocenters. The monoisotopic (exact) mass is 539 g/mol. The third-order valence-corrected chi connectivity index (χ3v) is 8.79. The van der Waals surface area contributed by atoms with E-state index in [1.807, 2.05) is 6.07 Å². The fraction of sp³-hybridized carbons (Fsp3) is 0.263. The number of anilines is 4. The lowest BCUT2D eigenvalue weighted by Gasteiger charge is -2.25. The lowest BCUT2D eigenvalue weighted by atomic mass is 9.81. The van der Waals surface area contributed by atoms with Gasteiger partial charge in [-0.3, -0.25) is 0 Å². The Bertz CT molecular complexity index is 1810. The summed E-state index contributed by atoms with van der Waals surface area (Å²) in [5, 5.41) is 12.6. The Balaban J connectivity index is 1.66. The first-order chi connectivity index (χ1) is 19.7. The highest BCUT2D eigenvalue weighted by atomic mass is 14.9. The van der Waals surface area contributed by atoms with Gasteiger partial charge in [-0.15, -0.1) is 0 Å². The van der Waals surface area contributed by atoms with Crippen LogP contribution < -0.4 is 16.4 Å². The van der Waals surface area contributed by atoms with Gasteiger partial charge in [0, 0.05) is 44.0 Å². The van der Waals surface area contributed by atoms with Crippen molar-refractivity contribution in [3.63, 3.8) is 0 Å². The summed E-state index contributed by atoms with van der Waals surface area (Å²) >= 11 is 0. The Hall–Kier alpha value is -4.24. The zero-order valence-electron chi connectivity index (χ0n) is 25.2. The van der Waals surface area contributed by atoms with E-state index in [2.05, 4.69) is 131 Å². The van der Waals surface area contributed by atoms with E-state index in [-0.39, 0.29) is 5.41 Å². The molecule has 3 heteroatoms. The number of nitrogen functional groups attached to an aromatic ring is 1. The molecule has 0 saturated carbocycles. The quantitative estimate of drug-likeness (QED) is 0.109. The molecule has 0 aliphatic heterocycles. The normalized spacial score (nSPS) is 14.0. The van der Waals surface area contributed by atoms with Crippen molar-refractivity contribution in [1.29, 1.82) is 0 Å². The molecule has 0 saturated heterocycles. The number of fused-ring (bicyclic) bond motifs is 5. The molecular weight excluding hydrogens is 498 g/mol. The number of allylic oxidation sites excluding steroid dienone is 2. The number of rotatable bonds is 7. The summed E-state index contributed by atoms with van der Waals surface area (Å²) in [4.78, 5) is 0. The van der Waals surface area contributed by atoms with Gasteiger partial charge in [0.2, 0.25) is 0 Å². The van der Waals surface area contributed by atoms with Crippen LogP contribution in [0.25, 0.3) is 32.7 Å². The molecule has 0 spiro atoms. The summed E-state index contributed by atoms with van der Waals surface area (Å²) in [6.45, 7) is 13.5. The predicted octanol–water partition coefficient (Wildman–Crippen LogP) is 10.7. The van der Waals surface area contributed by atoms with Gasteiger partial charge in [-0.2, -0.15) is 0 Å². The van der Waals surface area contributed by atoms with Crippen molar-refractivity contribution in [2.45, 2.75) is 59.8 Å². The van der Waals surface area contributed by atoms with Gasteiger partial charge in [0.25, 0.3) is 0 Å². The van der Waals surface area contributed by atoms with Gasteiger partial charge in [0.05, 0.1) is 11.4 Å². The first kappa shape index (κ1) is 27.0. The van der Waals surface area contributed by atoms with E-state index < -0.39 is 0 Å². The smallest absolute Gasteiger partial charge is 0.0545 e. The minimum atomic E-state index is -0.150. The number of nitrogens with two attached hydrogens (primary N) is 1. The molecule has 0 aromatic heterocycles. The summed E-state index contributed by atoms with van der Waals surface area (Å²) < 4.78 is 0. The number of aryl methyl sites for hydroxylation is 1. The maximum atomic E-state index is 6.29. The van der Waals surface area contributed by atoms with Crippen molar-refractivity contribution in [3.05, 3.63) is 107 Å². The average molecular weight is 540 g/mol. The Morgan fingerprint density at radius 3 is 2.15 bits per heavy atom. The molecule has 0 fully saturated rings. The lowest BCUT2D eigenvalue weighted by molar-refractivity contribution is 0.585. The zero-order chi connectivity index (χ0) is 28.9. The van der Waals surface area contributed by atoms with Crippen molar-refractivity contribution < 1.29 is 0 Å². The van der Waals surface area contributed by atoms with Crippen LogP contribution in [0.5, 0.6) is 0 Å². The Labute approximate surface area is 244 Å². The van der Waals surface area contributed by atoms with Crippen LogP contribution in [-0.4, -0.2) is 0 Å². The zero-order valence-corrected chi connectivity index (χ0v) is 25.2. The molecule has 5 aromatic rings. The number of hydrogen-bond donors (Lipinski definition) is 3. The van der Waals surface area contributed by atoms with Crippen molar-refractivity contribution in [3.8, 4) is 11.1 Å². The van der Waals surface area contributed by atoms with Crippen molar-refractivity contribution in [1.82, 2.24) is 0 Å². The van der Waals surface area contributed by atoms with Gasteiger partial charge >= 0.3 is 0 Å². The molecule has 0 amide bonds. The molecule has 4 N–H and O–H groups in total. The standard InChI is InChI=1S/C38H41N3/c1-7-26(16-12-23(2)3)40-37-30-11-9-8-10-29(30)36(41-27-17-13-24(4)14-18-27)32-21-31-28-19-15-25(39)20-34(28)38(5,6)35(31)22-33(32)37/h7-11,13-15,17-23,40-41H,12,16,39H2,1-6H3/b26-7+. The average Bonchev–Trinajstić information content (AvgIpc) is 3.17. The van der Waals surface area contributed by atoms with Gasteiger partial charge in [-0.05, 0) is 91.3 Å². The second-order valence-electron chi connectivity index (χ2n) is 12.5. The molecule has 6 rings (SSSR count). The van der Waals surface area contributed by atoms with Gasteiger partial charge < -0.3 is 16.4 Å². The van der Waals surface area contributed by atoms with Crippen molar-refractivity contribution in [2.24, 2.45) is 5.92 Å². The maximum absolute atomic E-state index is 6.29. The largest absolute Gasteiger partial charge is 0.399 e. The summed E-state index contributed by atoms with van der Waals surface area (Å²) in [5.41, 5.74) is 18.1. The Kier molecular flexibility index (Phi) is 6.77. The highest BCUT2D eigenvalue weighted by molar-refractivity contribution is 6.21. The molecule has 0 bridgehead atoms. The van der Waals surface area contributed by atoms with Gasteiger partial charge in [0.15, 0.2) is 0 Å². The van der Waals surface area contributed by atoms with Crippen LogP contribution in [0.15, 0.2) is 90.6 Å². The van der Waals surface area contributed by atoms with Crippen LogP contribution in [0.3, 0.4) is 0 Å². The molecule has 208 valence electrons. The molecule has 41 heavy (non-hydrogen) atoms. The molecule has 0 radical (unpaired) electrons. The predicted molar refractivity (Wildman–Crippen MR) is 179 cm³/mol. The van der Waals surface area contributed by atoms with E-state index in [0.717, 1.165) is 29.9 Å². The first-order valence-electron chi connectivity index (χ1n) is 14.9. The van der Waals surface area contributed by atoms with Crippen molar-refractivity contribution in [2.75, 3.05) is 16.4 Å². The fourth-order valence-electron chi connectivity index (χ4n) is 6.36. The highest BCUT2D eigenvalue weighted by Gasteiger charge is 2.36. The van der Waals surface area contributed by atoms with E-state index in [1.54, 1.807) is 0 Å². The number of benzene rings is 5. The summed E-state index contributed by atoms with van der Waals surface area (Å²) in [5.74, 6) is 0.649. The SMILES string of the molecule is C/C=C(\CCC(C)C)Nc1c2ccccc2c(Nc2ccc(C)cc2)c2cc3c(cc12)C(C)(C)c1cc(N)ccc1-3. The second kappa shape index (κ2) is 10.3. The fourth-order valence-corrected chi connectivity index (χ4v) is 6.36. The van der Waals surface area contributed by atoms with E-state index in [1.165, 1.54) is 60.7 Å². The van der Waals surface area contributed by atoms with E-state index >= 15 is 0 Å². The van der Waals surface area contributed by atoms with Gasteiger partial charge in [-0.1, -0.05) is 81.8 Å². The van der Waals surface area contributed by atoms with Crippen LogP contribution in [-0.2, 0) is 5.41 Å². The third kappa shape index (κ3) is 4.74. The molecule has 0 atom stereocenters. The van der Waals surface area contributed by atoms with Crippen LogP contribution in [0.2, 0.25) is 0 Å². The van der Waals surface area contributed by atoms with E-state index in [9.17, 15) is 0 Å². The van der Waals surface area contributed by atoms with Crippen LogP contribution in [0, 0.1) is 12.8 Å². The molecule has 1 aliphatic rings. The third-order valence-electron chi connectivity index (χ3n) is 8.79. The van der Waals surface area contributed by atoms with Gasteiger partial charge in [-0.25, -0.2) is 0 Å². The van der Waals surface area contributed by atoms with E-state index in [4.69, 9.17) is 5.73 Å². The molecule has 0 heterocycles. The molecule has 5 aromatic carbocycles. The number of nitrogens with one attached hydrogen (secondary N) is 2. The summed E-state index contributed by atoms with van der Waals surface area (Å²) in [7, 11) is 0. The summed E-state index contributed by atoms with van der Waals surface area (Å²) in [6.07, 6.45) is 4.40. The highest BCUT2D eigenvalue weighted by Crippen LogP contribution is 2.53. The van der Waals surface area contributed by atoms with E-state index in [0.29, 0.717) is 5.92 Å².